The molecule has 198 valence electrons. The van der Waals surface area contributed by atoms with Gasteiger partial charge in [-0.1, -0.05) is 60.6 Å². The molecule has 3 heterocycles. The maximum absolute atomic E-state index is 13.7. The lowest BCUT2D eigenvalue weighted by atomic mass is 9.95. The van der Waals surface area contributed by atoms with Crippen LogP contribution in [0, 0.1) is 4.91 Å². The molecule has 10 nitrogen and oxygen atoms in total. The number of β-lactam (4-membered cyclic amide) rings is 1. The number of benzene rings is 2. The molecule has 4 unspecified atom stereocenters. The minimum Gasteiger partial charge on any atom is -0.459 e. The summed E-state index contributed by atoms with van der Waals surface area (Å²) in [7, 11) is -1.64. The lowest BCUT2D eigenvalue weighted by Gasteiger charge is -2.56. The number of fused-ring (bicyclic) bond motifs is 1. The van der Waals surface area contributed by atoms with Crippen molar-refractivity contribution in [3.63, 3.8) is 0 Å². The summed E-state index contributed by atoms with van der Waals surface area (Å²) in [5.41, 5.74) is 0.219. The molecule has 3 fully saturated rings. The number of carbonyl (C=O) groups excluding carboxylic acids is 3. The average molecular weight is 557 g/mol. The molecule has 3 aliphatic heterocycles. The number of nitroso groups, excluding NO2 is 1. The van der Waals surface area contributed by atoms with Crippen molar-refractivity contribution >= 4 is 40.2 Å². The first-order valence-electron chi connectivity index (χ1n) is 11.9. The van der Waals surface area contributed by atoms with Crippen molar-refractivity contribution in [3.8, 4) is 0 Å². The van der Waals surface area contributed by atoms with Gasteiger partial charge in [0, 0.05) is 10.8 Å². The lowest BCUT2D eigenvalue weighted by Crippen LogP contribution is -2.79. The van der Waals surface area contributed by atoms with E-state index in [1.54, 1.807) is 50.2 Å². The van der Waals surface area contributed by atoms with Gasteiger partial charge in [-0.3, -0.25) is 13.8 Å². The summed E-state index contributed by atoms with van der Waals surface area (Å²) in [6.45, 7) is 7.07. The average Bonchev–Trinajstić information content (AvgIpc) is 3.08. The zero-order valence-corrected chi connectivity index (χ0v) is 22.2. The first-order valence-corrected chi connectivity index (χ1v) is 13.6. The molecule has 0 N–H and O–H groups in total. The topological polar surface area (TPSA) is 117 Å². The Balaban J connectivity index is 1.43. The highest BCUT2D eigenvalue weighted by Crippen LogP contribution is 2.47. The molecule has 2 aromatic rings. The third-order valence-corrected chi connectivity index (χ3v) is 9.11. The number of esters is 1. The van der Waals surface area contributed by atoms with Crippen molar-refractivity contribution in [1.29, 1.82) is 0 Å². The minimum absolute atomic E-state index is 0.00302. The van der Waals surface area contributed by atoms with E-state index in [0.717, 1.165) is 10.6 Å². The van der Waals surface area contributed by atoms with E-state index < -0.39 is 57.7 Å². The summed E-state index contributed by atoms with van der Waals surface area (Å²) < 4.78 is 18.7. The van der Waals surface area contributed by atoms with E-state index in [2.05, 4.69) is 11.9 Å². The van der Waals surface area contributed by atoms with Gasteiger partial charge in [-0.05, 0) is 42.7 Å². The molecule has 5 atom stereocenters. The number of amides is 2. The second-order valence-corrected chi connectivity index (χ2v) is 11.8. The predicted octanol–water partition coefficient (Wildman–Crippen LogP) is 2.91. The maximum atomic E-state index is 13.7. The SMILES string of the molecule is C=C1CS(=O)[C@H]2C(N3C(=O)C(c4ccc(Cl)cc4)N(N=O)C3(C)C)C(=O)N2C1C(=O)OCc1ccccc1. The Morgan fingerprint density at radius 3 is 2.42 bits per heavy atom. The summed E-state index contributed by atoms with van der Waals surface area (Å²) in [4.78, 5) is 54.8. The zero-order chi connectivity index (χ0) is 27.4. The number of hydrogen-bond acceptors (Lipinski definition) is 7. The Morgan fingerprint density at radius 1 is 1.13 bits per heavy atom. The van der Waals surface area contributed by atoms with Crippen LogP contribution in [0.25, 0.3) is 0 Å². The molecule has 0 bridgehead atoms. The first-order chi connectivity index (χ1) is 18.1. The van der Waals surface area contributed by atoms with Gasteiger partial charge in [-0.25, -0.2) is 9.80 Å². The van der Waals surface area contributed by atoms with Crippen molar-refractivity contribution in [1.82, 2.24) is 14.8 Å². The molecule has 5 rings (SSSR count). The number of halogens is 1. The summed E-state index contributed by atoms with van der Waals surface area (Å²) >= 11 is 5.99. The molecule has 0 saturated carbocycles. The van der Waals surface area contributed by atoms with Gasteiger partial charge in [0.05, 0.1) is 16.1 Å². The van der Waals surface area contributed by atoms with Crippen LogP contribution >= 0.6 is 11.6 Å². The normalized spacial score (nSPS) is 28.1. The number of hydrogen-bond donors (Lipinski definition) is 0. The van der Waals surface area contributed by atoms with Gasteiger partial charge < -0.3 is 14.5 Å². The second-order valence-electron chi connectivity index (χ2n) is 9.84. The molecule has 12 heteroatoms. The van der Waals surface area contributed by atoms with Crippen LogP contribution in [0.4, 0.5) is 0 Å². The highest BCUT2D eigenvalue weighted by atomic mass is 35.5. The van der Waals surface area contributed by atoms with E-state index in [0.29, 0.717) is 16.2 Å². The minimum atomic E-state index is -1.64. The van der Waals surface area contributed by atoms with Gasteiger partial charge in [0.25, 0.3) is 11.8 Å². The third kappa shape index (κ3) is 4.01. The number of rotatable bonds is 6. The summed E-state index contributed by atoms with van der Waals surface area (Å²) in [5, 5.41) is 3.69. The fourth-order valence-corrected chi connectivity index (χ4v) is 7.19. The smallest absolute Gasteiger partial charge is 0.333 e. The lowest BCUT2D eigenvalue weighted by molar-refractivity contribution is -0.174. The fraction of sp³-hybridized carbons (Fsp3) is 0.346. The molecule has 3 saturated heterocycles. The monoisotopic (exact) mass is 556 g/mol. The maximum Gasteiger partial charge on any atom is 0.333 e. The van der Waals surface area contributed by atoms with Crippen molar-refractivity contribution in [2.24, 2.45) is 5.29 Å². The van der Waals surface area contributed by atoms with E-state index in [1.165, 1.54) is 9.80 Å². The van der Waals surface area contributed by atoms with Crippen LogP contribution < -0.4 is 0 Å². The Kier molecular flexibility index (Phi) is 6.60. The van der Waals surface area contributed by atoms with Gasteiger partial charge in [0.2, 0.25) is 0 Å². The van der Waals surface area contributed by atoms with E-state index in [-0.39, 0.29) is 12.4 Å². The molecular weight excluding hydrogens is 532 g/mol. The van der Waals surface area contributed by atoms with Crippen molar-refractivity contribution in [2.45, 2.75) is 49.6 Å². The Morgan fingerprint density at radius 2 is 1.79 bits per heavy atom. The quantitative estimate of drug-likeness (QED) is 0.232. The highest BCUT2D eigenvalue weighted by Gasteiger charge is 2.67. The molecule has 3 aliphatic rings. The molecule has 0 spiro atoms. The highest BCUT2D eigenvalue weighted by molar-refractivity contribution is 7.86. The van der Waals surface area contributed by atoms with Crippen molar-refractivity contribution in [2.75, 3.05) is 5.75 Å². The molecule has 0 aliphatic carbocycles. The second kappa shape index (κ2) is 9.63. The largest absolute Gasteiger partial charge is 0.459 e. The molecule has 0 radical (unpaired) electrons. The summed E-state index contributed by atoms with van der Waals surface area (Å²) in [6, 6.07) is 12.1. The molecular formula is C26H25ClN4O6S. The van der Waals surface area contributed by atoms with Gasteiger partial charge in [-0.2, -0.15) is 0 Å². The Hall–Kier alpha value is -3.57. The van der Waals surface area contributed by atoms with Crippen molar-refractivity contribution in [3.05, 3.63) is 87.8 Å². The van der Waals surface area contributed by atoms with E-state index in [4.69, 9.17) is 16.3 Å². The Labute approximate surface area is 226 Å². The van der Waals surface area contributed by atoms with Gasteiger partial charge in [-0.15, -0.1) is 4.91 Å². The zero-order valence-electron chi connectivity index (χ0n) is 20.7. The molecule has 2 aromatic carbocycles. The third-order valence-electron chi connectivity index (χ3n) is 7.18. The van der Waals surface area contributed by atoms with Crippen molar-refractivity contribution < 1.29 is 23.3 Å². The molecule has 0 aromatic heterocycles. The number of carbonyl (C=O) groups is 3. The van der Waals surface area contributed by atoms with Crippen LogP contribution in [0.15, 0.2) is 72.0 Å². The molecule has 38 heavy (non-hydrogen) atoms. The van der Waals surface area contributed by atoms with E-state index >= 15 is 0 Å². The van der Waals surface area contributed by atoms with E-state index in [9.17, 15) is 23.5 Å². The number of nitrogens with zero attached hydrogens (tertiary/aromatic N) is 4. The standard InChI is InChI=1S/C26H25ClN4O6S/c1-15-14-38(36)24-21(22(32)29(24)19(15)25(34)37-13-16-7-5-4-6-8-16)30-23(33)20(31(28-35)26(30,2)3)17-9-11-18(27)12-10-17/h4-12,19-21,24H,1,13-14H2,2-3H3/t19?,20?,21?,24-,38?/m0/s1. The van der Waals surface area contributed by atoms with Gasteiger partial charge in [0.15, 0.2) is 12.1 Å². The van der Waals surface area contributed by atoms with Crippen LogP contribution in [0.1, 0.15) is 31.0 Å². The van der Waals surface area contributed by atoms with Crippen LogP contribution in [0.2, 0.25) is 5.02 Å². The van der Waals surface area contributed by atoms with Crippen LogP contribution in [0.5, 0.6) is 0 Å². The Bertz CT molecular complexity index is 1350. The first kappa shape index (κ1) is 26.1. The van der Waals surface area contributed by atoms with E-state index in [1.807, 2.05) is 18.2 Å². The molecule has 2 amide bonds. The fourth-order valence-electron chi connectivity index (χ4n) is 5.37. The van der Waals surface area contributed by atoms with Crippen LogP contribution in [-0.2, 0) is 36.5 Å². The van der Waals surface area contributed by atoms with Gasteiger partial charge in [0.1, 0.15) is 23.7 Å². The summed E-state index contributed by atoms with van der Waals surface area (Å²) in [5.74, 6) is -1.83. The predicted molar refractivity (Wildman–Crippen MR) is 139 cm³/mol. The van der Waals surface area contributed by atoms with Crippen LogP contribution in [-0.4, -0.2) is 65.7 Å². The number of ether oxygens (including phenoxy) is 1. The van der Waals surface area contributed by atoms with Crippen LogP contribution in [0.3, 0.4) is 0 Å². The van der Waals surface area contributed by atoms with Gasteiger partial charge >= 0.3 is 5.97 Å². The summed E-state index contributed by atoms with van der Waals surface area (Å²) in [6.07, 6.45) is 0.